The lowest BCUT2D eigenvalue weighted by Gasteiger charge is -1.94. The summed E-state index contributed by atoms with van der Waals surface area (Å²) >= 11 is 9.34. The van der Waals surface area contributed by atoms with Crippen molar-refractivity contribution in [3.05, 3.63) is 33.5 Å². The molecule has 4 heteroatoms. The van der Waals surface area contributed by atoms with Crippen molar-refractivity contribution < 1.29 is 4.42 Å². The van der Waals surface area contributed by atoms with E-state index in [9.17, 15) is 0 Å². The quantitative estimate of drug-likeness (QED) is 0.906. The highest BCUT2D eigenvalue weighted by molar-refractivity contribution is 9.10. The van der Waals surface area contributed by atoms with Crippen LogP contribution in [-0.2, 0) is 6.54 Å². The fraction of sp³-hybridized carbons (Fsp3) is 0.200. The SMILES string of the molecule is CNCc1cc2cc(Cl)cc(Br)c2o1. The maximum absolute atomic E-state index is 5.92. The number of furan rings is 1. The van der Waals surface area contributed by atoms with Gasteiger partial charge in [0.2, 0.25) is 0 Å². The molecule has 1 aromatic heterocycles. The number of hydrogen-bond donors (Lipinski definition) is 1. The lowest BCUT2D eigenvalue weighted by Crippen LogP contribution is -2.03. The maximum Gasteiger partial charge on any atom is 0.148 e. The Morgan fingerprint density at radius 2 is 2.21 bits per heavy atom. The van der Waals surface area contributed by atoms with Gasteiger partial charge in [-0.2, -0.15) is 0 Å². The van der Waals surface area contributed by atoms with Crippen molar-refractivity contribution in [2.24, 2.45) is 0 Å². The topological polar surface area (TPSA) is 25.2 Å². The van der Waals surface area contributed by atoms with Crippen molar-refractivity contribution in [3.8, 4) is 0 Å². The molecule has 0 bridgehead atoms. The number of nitrogens with one attached hydrogen (secondary N) is 1. The Morgan fingerprint density at radius 3 is 2.93 bits per heavy atom. The summed E-state index contributed by atoms with van der Waals surface area (Å²) in [5.74, 6) is 0.908. The maximum atomic E-state index is 5.92. The van der Waals surface area contributed by atoms with E-state index in [1.54, 1.807) is 0 Å². The normalized spacial score (nSPS) is 11.1. The first-order valence-corrected chi connectivity index (χ1v) is 5.40. The number of hydrogen-bond acceptors (Lipinski definition) is 2. The fourth-order valence-corrected chi connectivity index (χ4v) is 2.31. The Labute approximate surface area is 95.4 Å². The Bertz CT molecular complexity index is 466. The summed E-state index contributed by atoms with van der Waals surface area (Å²) < 4.78 is 6.52. The van der Waals surface area contributed by atoms with E-state index in [0.29, 0.717) is 5.02 Å². The van der Waals surface area contributed by atoms with E-state index in [0.717, 1.165) is 27.7 Å². The Balaban J connectivity index is 2.58. The third-order valence-corrected chi connectivity index (χ3v) is 2.75. The fourth-order valence-electron chi connectivity index (χ4n) is 1.39. The van der Waals surface area contributed by atoms with Crippen molar-refractivity contribution in [2.75, 3.05) is 7.05 Å². The summed E-state index contributed by atoms with van der Waals surface area (Å²) in [6.07, 6.45) is 0. The highest BCUT2D eigenvalue weighted by Gasteiger charge is 2.07. The number of rotatable bonds is 2. The molecule has 0 saturated heterocycles. The van der Waals surface area contributed by atoms with E-state index >= 15 is 0 Å². The molecule has 14 heavy (non-hydrogen) atoms. The van der Waals surface area contributed by atoms with Crippen LogP contribution in [0.25, 0.3) is 11.0 Å². The molecule has 0 fully saturated rings. The average Bonchev–Trinajstić information content (AvgIpc) is 2.48. The molecule has 0 atom stereocenters. The minimum absolute atomic E-state index is 0.709. The van der Waals surface area contributed by atoms with Crippen molar-refractivity contribution in [1.82, 2.24) is 5.32 Å². The molecule has 2 nitrogen and oxygen atoms in total. The highest BCUT2D eigenvalue weighted by atomic mass is 79.9. The van der Waals surface area contributed by atoms with Crippen LogP contribution in [0.15, 0.2) is 27.1 Å². The molecule has 74 valence electrons. The first kappa shape index (κ1) is 10.0. The molecule has 1 aromatic carbocycles. The molecular weight excluding hydrogens is 265 g/mol. The van der Waals surface area contributed by atoms with E-state index in [1.165, 1.54) is 0 Å². The van der Waals surface area contributed by atoms with Gasteiger partial charge in [-0.05, 0) is 41.2 Å². The smallest absolute Gasteiger partial charge is 0.148 e. The third kappa shape index (κ3) is 1.80. The van der Waals surface area contributed by atoms with E-state index in [1.807, 2.05) is 25.2 Å². The second kappa shape index (κ2) is 3.93. The lowest BCUT2D eigenvalue weighted by atomic mass is 10.2. The van der Waals surface area contributed by atoms with Crippen LogP contribution in [0, 0.1) is 0 Å². The Kier molecular flexibility index (Phi) is 2.81. The molecule has 0 amide bonds. The third-order valence-electron chi connectivity index (χ3n) is 1.94. The van der Waals surface area contributed by atoms with Gasteiger partial charge >= 0.3 is 0 Å². The molecule has 0 unspecified atom stereocenters. The number of fused-ring (bicyclic) bond motifs is 1. The number of benzene rings is 1. The van der Waals surface area contributed by atoms with Gasteiger partial charge in [-0.25, -0.2) is 0 Å². The van der Waals surface area contributed by atoms with Crippen molar-refractivity contribution >= 4 is 38.5 Å². The molecular formula is C10H9BrClNO. The molecule has 0 aliphatic carbocycles. The molecule has 0 radical (unpaired) electrons. The van der Waals surface area contributed by atoms with Crippen LogP contribution < -0.4 is 5.32 Å². The summed E-state index contributed by atoms with van der Waals surface area (Å²) in [6, 6.07) is 5.71. The molecule has 0 saturated carbocycles. The van der Waals surface area contributed by atoms with Crippen LogP contribution >= 0.6 is 27.5 Å². The lowest BCUT2D eigenvalue weighted by molar-refractivity contribution is 0.529. The minimum Gasteiger partial charge on any atom is -0.459 e. The zero-order chi connectivity index (χ0) is 10.1. The summed E-state index contributed by atoms with van der Waals surface area (Å²) in [5.41, 5.74) is 0.847. The molecule has 0 aliphatic heterocycles. The van der Waals surface area contributed by atoms with Crippen LogP contribution in [0.1, 0.15) is 5.76 Å². The molecule has 0 spiro atoms. The van der Waals surface area contributed by atoms with E-state index in [2.05, 4.69) is 21.2 Å². The number of halogens is 2. The van der Waals surface area contributed by atoms with Crippen LogP contribution in [0.2, 0.25) is 5.02 Å². The summed E-state index contributed by atoms with van der Waals surface area (Å²) in [7, 11) is 1.88. The molecule has 0 aliphatic rings. The van der Waals surface area contributed by atoms with Gasteiger partial charge in [-0.3, -0.25) is 0 Å². The predicted molar refractivity (Wildman–Crippen MR) is 61.7 cm³/mol. The zero-order valence-electron chi connectivity index (χ0n) is 7.60. The molecule has 2 rings (SSSR count). The summed E-state index contributed by atoms with van der Waals surface area (Å²) in [4.78, 5) is 0. The van der Waals surface area contributed by atoms with Crippen LogP contribution in [0.4, 0.5) is 0 Å². The zero-order valence-corrected chi connectivity index (χ0v) is 9.95. The molecule has 1 N–H and O–H groups in total. The molecule has 2 aromatic rings. The van der Waals surface area contributed by atoms with E-state index < -0.39 is 0 Å². The van der Waals surface area contributed by atoms with E-state index in [4.69, 9.17) is 16.0 Å². The monoisotopic (exact) mass is 273 g/mol. The van der Waals surface area contributed by atoms with Crippen LogP contribution in [0.3, 0.4) is 0 Å². The van der Waals surface area contributed by atoms with Crippen molar-refractivity contribution in [2.45, 2.75) is 6.54 Å². The highest BCUT2D eigenvalue weighted by Crippen LogP contribution is 2.30. The van der Waals surface area contributed by atoms with Gasteiger partial charge in [-0.1, -0.05) is 11.6 Å². The van der Waals surface area contributed by atoms with Gasteiger partial charge in [0.25, 0.3) is 0 Å². The second-order valence-electron chi connectivity index (χ2n) is 3.05. The minimum atomic E-state index is 0.709. The van der Waals surface area contributed by atoms with Gasteiger partial charge < -0.3 is 9.73 Å². The van der Waals surface area contributed by atoms with Crippen LogP contribution in [-0.4, -0.2) is 7.05 Å². The summed E-state index contributed by atoms with van der Waals surface area (Å²) in [6.45, 7) is 0.721. The largest absolute Gasteiger partial charge is 0.459 e. The van der Waals surface area contributed by atoms with Crippen LogP contribution in [0.5, 0.6) is 0 Å². The van der Waals surface area contributed by atoms with E-state index in [-0.39, 0.29) is 0 Å². The second-order valence-corrected chi connectivity index (χ2v) is 4.34. The standard InChI is InChI=1S/C10H9BrClNO/c1-13-5-8-3-6-2-7(12)4-9(11)10(6)14-8/h2-4,13H,5H2,1H3. The van der Waals surface area contributed by atoms with Gasteiger partial charge in [0.1, 0.15) is 11.3 Å². The average molecular weight is 275 g/mol. The Morgan fingerprint density at radius 1 is 1.43 bits per heavy atom. The van der Waals surface area contributed by atoms with Gasteiger partial charge in [0, 0.05) is 10.4 Å². The van der Waals surface area contributed by atoms with Crippen molar-refractivity contribution in [1.29, 1.82) is 0 Å². The Hall–Kier alpha value is -0.510. The van der Waals surface area contributed by atoms with Gasteiger partial charge in [-0.15, -0.1) is 0 Å². The predicted octanol–water partition coefficient (Wildman–Crippen LogP) is 3.57. The first-order valence-electron chi connectivity index (χ1n) is 4.23. The first-order chi connectivity index (χ1) is 6.70. The van der Waals surface area contributed by atoms with Crippen molar-refractivity contribution in [3.63, 3.8) is 0 Å². The molecule has 1 heterocycles. The summed E-state index contributed by atoms with van der Waals surface area (Å²) in [5, 5.41) is 4.77. The van der Waals surface area contributed by atoms with Gasteiger partial charge in [0.15, 0.2) is 0 Å². The van der Waals surface area contributed by atoms with Gasteiger partial charge in [0.05, 0.1) is 11.0 Å².